The second kappa shape index (κ2) is 5.02. The molecular weight excluding hydrogens is 292 g/mol. The van der Waals surface area contributed by atoms with Gasteiger partial charge >= 0.3 is 0 Å². The Morgan fingerprint density at radius 1 is 1.32 bits per heavy atom. The highest BCUT2D eigenvalue weighted by Gasteiger charge is 2.38. The topological polar surface area (TPSA) is 101 Å². The van der Waals surface area contributed by atoms with Crippen LogP contribution >= 0.6 is 0 Å². The Morgan fingerprint density at radius 3 is 2.53 bits per heavy atom. The highest BCUT2D eigenvalue weighted by molar-refractivity contribution is 7.91. The molecule has 0 aromatic heterocycles. The van der Waals surface area contributed by atoms with Gasteiger partial charge in [-0.2, -0.15) is 4.31 Å². The molecule has 2 unspecified atom stereocenters. The predicted molar refractivity (Wildman–Crippen MR) is 69.8 cm³/mol. The fourth-order valence-electron chi connectivity index (χ4n) is 2.61. The molecular formula is C10H18N2O5S2. The number of rotatable bonds is 3. The summed E-state index contributed by atoms with van der Waals surface area (Å²) < 4.78 is 46.9. The van der Waals surface area contributed by atoms with Crippen LogP contribution in [-0.2, 0) is 24.7 Å². The summed E-state index contributed by atoms with van der Waals surface area (Å²) in [5, 5.41) is 2.65. The van der Waals surface area contributed by atoms with E-state index in [0.717, 1.165) is 6.26 Å². The van der Waals surface area contributed by atoms with Crippen molar-refractivity contribution in [2.45, 2.75) is 31.3 Å². The number of carbonyl (C=O) groups is 1. The minimum atomic E-state index is -3.40. The van der Waals surface area contributed by atoms with E-state index in [4.69, 9.17) is 0 Å². The standard InChI is InChI=1S/C10H18N2O5S2/c1-18(14,15)12-5-2-3-9(12)10(13)11-8-4-6-19(16,17)7-8/h8-9H,2-7H2,1H3,(H,11,13). The molecule has 0 bridgehead atoms. The number of carbonyl (C=O) groups excluding carboxylic acids is 1. The predicted octanol–water partition coefficient (Wildman–Crippen LogP) is -1.29. The molecule has 9 heteroatoms. The summed E-state index contributed by atoms with van der Waals surface area (Å²) in [7, 11) is -6.45. The van der Waals surface area contributed by atoms with E-state index < -0.39 is 25.9 Å². The number of hydrogen-bond acceptors (Lipinski definition) is 5. The van der Waals surface area contributed by atoms with Crippen LogP contribution in [0.1, 0.15) is 19.3 Å². The van der Waals surface area contributed by atoms with E-state index >= 15 is 0 Å². The highest BCUT2D eigenvalue weighted by atomic mass is 32.2. The monoisotopic (exact) mass is 310 g/mol. The summed E-state index contributed by atoms with van der Waals surface area (Å²) in [6, 6.07) is -1.09. The first-order valence-electron chi connectivity index (χ1n) is 6.17. The molecule has 2 aliphatic rings. The van der Waals surface area contributed by atoms with E-state index in [9.17, 15) is 21.6 Å². The van der Waals surface area contributed by atoms with Crippen molar-refractivity contribution in [1.82, 2.24) is 9.62 Å². The number of nitrogens with zero attached hydrogens (tertiary/aromatic N) is 1. The van der Waals surface area contributed by atoms with E-state index in [1.54, 1.807) is 0 Å². The first-order valence-corrected chi connectivity index (χ1v) is 9.84. The van der Waals surface area contributed by atoms with E-state index in [2.05, 4.69) is 5.32 Å². The number of sulfonamides is 1. The fraction of sp³-hybridized carbons (Fsp3) is 0.900. The lowest BCUT2D eigenvalue weighted by atomic mass is 10.2. The van der Waals surface area contributed by atoms with Gasteiger partial charge in [-0.1, -0.05) is 0 Å². The Hall–Kier alpha value is -0.670. The van der Waals surface area contributed by atoms with Crippen molar-refractivity contribution in [3.63, 3.8) is 0 Å². The van der Waals surface area contributed by atoms with Gasteiger partial charge in [0, 0.05) is 12.6 Å². The number of hydrogen-bond donors (Lipinski definition) is 1. The maximum absolute atomic E-state index is 12.1. The van der Waals surface area contributed by atoms with Crippen LogP contribution in [0.4, 0.5) is 0 Å². The molecule has 0 radical (unpaired) electrons. The van der Waals surface area contributed by atoms with Crippen LogP contribution in [0.25, 0.3) is 0 Å². The third kappa shape index (κ3) is 3.46. The number of amides is 1. The molecule has 2 atom stereocenters. The van der Waals surface area contributed by atoms with Gasteiger partial charge in [0.25, 0.3) is 0 Å². The van der Waals surface area contributed by atoms with Gasteiger partial charge in [-0.15, -0.1) is 0 Å². The molecule has 19 heavy (non-hydrogen) atoms. The third-order valence-electron chi connectivity index (χ3n) is 3.51. The lowest BCUT2D eigenvalue weighted by molar-refractivity contribution is -0.124. The quantitative estimate of drug-likeness (QED) is 0.699. The number of nitrogens with one attached hydrogen (secondary N) is 1. The molecule has 2 aliphatic heterocycles. The number of sulfone groups is 1. The molecule has 2 heterocycles. The van der Waals surface area contributed by atoms with Crippen molar-refractivity contribution in [2.75, 3.05) is 24.3 Å². The molecule has 1 N–H and O–H groups in total. The van der Waals surface area contributed by atoms with Gasteiger partial charge in [0.05, 0.1) is 17.8 Å². The third-order valence-corrected chi connectivity index (χ3v) is 6.57. The Labute approximate surface area is 113 Å². The molecule has 0 aromatic carbocycles. The van der Waals surface area contributed by atoms with E-state index in [1.165, 1.54) is 4.31 Å². The molecule has 2 saturated heterocycles. The van der Waals surface area contributed by atoms with Gasteiger partial charge in [-0.05, 0) is 19.3 Å². The van der Waals surface area contributed by atoms with Crippen molar-refractivity contribution in [2.24, 2.45) is 0 Å². The average molecular weight is 310 g/mol. The molecule has 0 aliphatic carbocycles. The first kappa shape index (κ1) is 14.7. The zero-order chi connectivity index (χ0) is 14.3. The molecule has 2 rings (SSSR count). The van der Waals surface area contributed by atoms with Gasteiger partial charge in [0.15, 0.2) is 9.84 Å². The summed E-state index contributed by atoms with van der Waals surface area (Å²) >= 11 is 0. The van der Waals surface area contributed by atoms with Crippen molar-refractivity contribution < 1.29 is 21.6 Å². The largest absolute Gasteiger partial charge is 0.351 e. The summed E-state index contributed by atoms with van der Waals surface area (Å²) in [6.45, 7) is 0.347. The van der Waals surface area contributed by atoms with Crippen LogP contribution in [-0.4, -0.2) is 63.4 Å². The molecule has 110 valence electrons. The zero-order valence-electron chi connectivity index (χ0n) is 10.7. The van der Waals surface area contributed by atoms with Crippen LogP contribution in [0, 0.1) is 0 Å². The molecule has 2 fully saturated rings. The van der Waals surface area contributed by atoms with Gasteiger partial charge in [-0.3, -0.25) is 4.79 Å². The maximum Gasteiger partial charge on any atom is 0.238 e. The fourth-order valence-corrected chi connectivity index (χ4v) is 5.40. The van der Waals surface area contributed by atoms with Crippen molar-refractivity contribution in [3.05, 3.63) is 0 Å². The van der Waals surface area contributed by atoms with Crippen molar-refractivity contribution in [3.8, 4) is 0 Å². The SMILES string of the molecule is CS(=O)(=O)N1CCCC1C(=O)NC1CCS(=O)(=O)C1. The second-order valence-electron chi connectivity index (χ2n) is 5.14. The lowest BCUT2D eigenvalue weighted by Crippen LogP contribution is -2.48. The van der Waals surface area contributed by atoms with Crippen molar-refractivity contribution in [1.29, 1.82) is 0 Å². The van der Waals surface area contributed by atoms with Crippen LogP contribution in [0.5, 0.6) is 0 Å². The maximum atomic E-state index is 12.1. The summed E-state index contributed by atoms with van der Waals surface area (Å²) in [4.78, 5) is 12.1. The van der Waals surface area contributed by atoms with E-state index in [1.807, 2.05) is 0 Å². The molecule has 0 saturated carbocycles. The van der Waals surface area contributed by atoms with Gasteiger partial charge in [0.1, 0.15) is 6.04 Å². The summed E-state index contributed by atoms with van der Waals surface area (Å²) in [5.41, 5.74) is 0. The Kier molecular flexibility index (Phi) is 3.90. The molecule has 0 spiro atoms. The summed E-state index contributed by atoms with van der Waals surface area (Å²) in [5.74, 6) is -0.354. The van der Waals surface area contributed by atoms with E-state index in [0.29, 0.717) is 25.8 Å². The van der Waals surface area contributed by atoms with Crippen molar-refractivity contribution >= 4 is 25.8 Å². The molecule has 0 aromatic rings. The highest BCUT2D eigenvalue weighted by Crippen LogP contribution is 2.21. The van der Waals surface area contributed by atoms with Crippen LogP contribution < -0.4 is 5.32 Å². The van der Waals surface area contributed by atoms with Gasteiger partial charge in [-0.25, -0.2) is 16.8 Å². The Bertz CT molecular complexity index is 569. The second-order valence-corrected chi connectivity index (χ2v) is 9.30. The zero-order valence-corrected chi connectivity index (χ0v) is 12.3. The van der Waals surface area contributed by atoms with Crippen LogP contribution in [0.2, 0.25) is 0 Å². The first-order chi connectivity index (χ1) is 8.69. The normalized spacial score (nSPS) is 31.4. The van der Waals surface area contributed by atoms with Crippen LogP contribution in [0.3, 0.4) is 0 Å². The van der Waals surface area contributed by atoms with E-state index in [-0.39, 0.29) is 23.5 Å². The molecule has 1 amide bonds. The smallest absolute Gasteiger partial charge is 0.238 e. The minimum absolute atomic E-state index is 0.0513. The van der Waals surface area contributed by atoms with Crippen LogP contribution in [0.15, 0.2) is 0 Å². The minimum Gasteiger partial charge on any atom is -0.351 e. The summed E-state index contributed by atoms with van der Waals surface area (Å²) in [6.07, 6.45) is 2.62. The molecule has 7 nitrogen and oxygen atoms in total. The van der Waals surface area contributed by atoms with Gasteiger partial charge in [0.2, 0.25) is 15.9 Å². The van der Waals surface area contributed by atoms with Gasteiger partial charge < -0.3 is 5.32 Å². The lowest BCUT2D eigenvalue weighted by Gasteiger charge is -2.22. The average Bonchev–Trinajstić information content (AvgIpc) is 2.83. The Balaban J connectivity index is 2.01. The Morgan fingerprint density at radius 2 is 2.00 bits per heavy atom.